The third kappa shape index (κ3) is 6.04. The molecule has 1 aromatic carbocycles. The summed E-state index contributed by atoms with van der Waals surface area (Å²) in [6.07, 6.45) is 2.67. The molecule has 1 saturated heterocycles. The van der Waals surface area contributed by atoms with E-state index in [1.807, 2.05) is 31.0 Å². The number of halogens is 1. The Hall–Kier alpha value is -1.26. The van der Waals surface area contributed by atoms with Gasteiger partial charge in [0.2, 0.25) is 5.91 Å². The summed E-state index contributed by atoms with van der Waals surface area (Å²) in [6.45, 7) is 7.38. The van der Waals surface area contributed by atoms with Crippen molar-refractivity contribution in [2.75, 3.05) is 33.3 Å². The third-order valence-electron chi connectivity index (χ3n) is 4.36. The lowest BCUT2D eigenvalue weighted by molar-refractivity contribution is -0.133. The van der Waals surface area contributed by atoms with Crippen molar-refractivity contribution in [1.29, 1.82) is 0 Å². The second kappa shape index (κ2) is 9.78. The zero-order valence-corrected chi connectivity index (χ0v) is 15.2. The predicted octanol–water partition coefficient (Wildman–Crippen LogP) is 2.95. The topological polar surface area (TPSA) is 41.6 Å². The minimum Gasteiger partial charge on any atom is -0.493 e. The maximum absolute atomic E-state index is 12.2. The van der Waals surface area contributed by atoms with E-state index in [4.69, 9.17) is 4.74 Å². The number of benzene rings is 1. The third-order valence-corrected chi connectivity index (χ3v) is 4.36. The van der Waals surface area contributed by atoms with Crippen molar-refractivity contribution in [3.8, 4) is 5.75 Å². The molecule has 0 aromatic heterocycles. The van der Waals surface area contributed by atoms with Gasteiger partial charge in [-0.05, 0) is 57.8 Å². The van der Waals surface area contributed by atoms with Gasteiger partial charge in [0.25, 0.3) is 0 Å². The van der Waals surface area contributed by atoms with Gasteiger partial charge in [-0.3, -0.25) is 4.79 Å². The molecule has 23 heavy (non-hydrogen) atoms. The lowest BCUT2D eigenvalue weighted by Gasteiger charge is -2.32. The minimum absolute atomic E-state index is 0. The molecule has 0 aliphatic carbocycles. The van der Waals surface area contributed by atoms with Gasteiger partial charge in [0, 0.05) is 13.1 Å². The smallest absolute Gasteiger partial charge is 0.225 e. The fraction of sp³-hybridized carbons (Fsp3) is 0.611. The van der Waals surface area contributed by atoms with E-state index in [0.29, 0.717) is 18.9 Å². The zero-order chi connectivity index (χ0) is 15.9. The number of carbonyl (C=O) groups is 1. The highest BCUT2D eigenvalue weighted by Crippen LogP contribution is 2.20. The molecule has 1 aliphatic heterocycles. The van der Waals surface area contributed by atoms with Crippen LogP contribution in [0.1, 0.15) is 30.4 Å². The summed E-state index contributed by atoms with van der Waals surface area (Å²) in [4.78, 5) is 14.2. The number of amides is 1. The maximum Gasteiger partial charge on any atom is 0.225 e. The molecule has 0 bridgehead atoms. The zero-order valence-electron chi connectivity index (χ0n) is 14.4. The maximum atomic E-state index is 12.2. The first-order valence-electron chi connectivity index (χ1n) is 8.22. The number of hydrogen-bond donors (Lipinski definition) is 1. The van der Waals surface area contributed by atoms with E-state index in [1.165, 1.54) is 5.56 Å². The van der Waals surface area contributed by atoms with Gasteiger partial charge >= 0.3 is 0 Å². The summed E-state index contributed by atoms with van der Waals surface area (Å²) in [7, 11) is 1.99. The Labute approximate surface area is 146 Å². The molecular formula is C18H29ClN2O2. The van der Waals surface area contributed by atoms with Gasteiger partial charge in [-0.25, -0.2) is 0 Å². The first kappa shape index (κ1) is 19.8. The fourth-order valence-electron chi connectivity index (χ4n) is 3.04. The van der Waals surface area contributed by atoms with Gasteiger partial charge in [0.15, 0.2) is 0 Å². The van der Waals surface area contributed by atoms with E-state index >= 15 is 0 Å². The van der Waals surface area contributed by atoms with Gasteiger partial charge < -0.3 is 15.0 Å². The van der Waals surface area contributed by atoms with Crippen LogP contribution < -0.4 is 10.1 Å². The Kier molecular flexibility index (Phi) is 8.42. The Balaban J connectivity index is 0.00000264. The Morgan fingerprint density at radius 2 is 2.00 bits per heavy atom. The summed E-state index contributed by atoms with van der Waals surface area (Å²) in [5, 5.41) is 3.22. The molecule has 1 amide bonds. The molecular weight excluding hydrogens is 312 g/mol. The largest absolute Gasteiger partial charge is 0.493 e. The average Bonchev–Trinajstić information content (AvgIpc) is 2.50. The summed E-state index contributed by atoms with van der Waals surface area (Å²) in [5.74, 6) is 1.80. The molecule has 0 saturated carbocycles. The van der Waals surface area contributed by atoms with E-state index in [0.717, 1.165) is 43.8 Å². The van der Waals surface area contributed by atoms with Crippen molar-refractivity contribution in [2.24, 2.45) is 5.92 Å². The van der Waals surface area contributed by atoms with Crippen LogP contribution in [0.4, 0.5) is 0 Å². The minimum atomic E-state index is 0. The number of nitrogens with zero attached hydrogens (tertiary/aromatic N) is 1. The molecule has 130 valence electrons. The fourth-order valence-corrected chi connectivity index (χ4v) is 3.04. The molecule has 1 N–H and O–H groups in total. The van der Waals surface area contributed by atoms with Crippen molar-refractivity contribution in [2.45, 2.75) is 33.1 Å². The molecule has 1 aliphatic rings. The van der Waals surface area contributed by atoms with Crippen LogP contribution in [0.25, 0.3) is 0 Å². The van der Waals surface area contributed by atoms with E-state index in [-0.39, 0.29) is 18.3 Å². The van der Waals surface area contributed by atoms with Crippen molar-refractivity contribution in [3.05, 3.63) is 29.3 Å². The lowest BCUT2D eigenvalue weighted by Crippen LogP contribution is -2.40. The number of ether oxygens (including phenoxy) is 1. The van der Waals surface area contributed by atoms with E-state index in [1.54, 1.807) is 0 Å². The first-order chi connectivity index (χ1) is 10.6. The highest BCUT2D eigenvalue weighted by atomic mass is 35.5. The molecule has 5 heteroatoms. The summed E-state index contributed by atoms with van der Waals surface area (Å²) < 4.78 is 5.76. The first-order valence-corrected chi connectivity index (χ1v) is 8.22. The number of aryl methyl sites for hydroxylation is 2. The lowest BCUT2D eigenvalue weighted by atomic mass is 9.97. The van der Waals surface area contributed by atoms with Crippen LogP contribution in [0.2, 0.25) is 0 Å². The van der Waals surface area contributed by atoms with E-state index < -0.39 is 0 Å². The normalized spacial score (nSPS) is 15.2. The van der Waals surface area contributed by atoms with Crippen LogP contribution in [0.5, 0.6) is 5.75 Å². The van der Waals surface area contributed by atoms with Gasteiger partial charge in [0.05, 0.1) is 13.0 Å². The van der Waals surface area contributed by atoms with Gasteiger partial charge in [0.1, 0.15) is 5.75 Å². The van der Waals surface area contributed by atoms with Crippen LogP contribution in [-0.2, 0) is 4.79 Å². The van der Waals surface area contributed by atoms with Crippen molar-refractivity contribution >= 4 is 18.3 Å². The second-order valence-electron chi connectivity index (χ2n) is 6.25. The van der Waals surface area contributed by atoms with E-state index in [9.17, 15) is 4.79 Å². The molecule has 0 radical (unpaired) electrons. The van der Waals surface area contributed by atoms with Gasteiger partial charge in [-0.2, -0.15) is 0 Å². The van der Waals surface area contributed by atoms with Crippen molar-refractivity contribution in [3.63, 3.8) is 0 Å². The molecule has 1 fully saturated rings. The predicted molar refractivity (Wildman–Crippen MR) is 96.5 cm³/mol. The number of nitrogens with one attached hydrogen (secondary N) is 1. The second-order valence-corrected chi connectivity index (χ2v) is 6.25. The number of rotatable bonds is 6. The highest BCUT2D eigenvalue weighted by molar-refractivity contribution is 5.85. The molecule has 4 nitrogen and oxygen atoms in total. The average molecular weight is 341 g/mol. The van der Waals surface area contributed by atoms with Gasteiger partial charge in [-0.1, -0.05) is 17.7 Å². The highest BCUT2D eigenvalue weighted by Gasteiger charge is 2.22. The van der Waals surface area contributed by atoms with Crippen LogP contribution in [-0.4, -0.2) is 44.1 Å². The van der Waals surface area contributed by atoms with Crippen molar-refractivity contribution in [1.82, 2.24) is 10.2 Å². The Morgan fingerprint density at radius 3 is 2.61 bits per heavy atom. The molecule has 0 atom stereocenters. The number of hydrogen-bond acceptors (Lipinski definition) is 3. The molecule has 1 heterocycles. The van der Waals surface area contributed by atoms with Crippen LogP contribution in [0, 0.1) is 19.8 Å². The molecule has 2 rings (SSSR count). The summed E-state index contributed by atoms with van der Waals surface area (Å²) in [5.41, 5.74) is 2.35. The molecule has 0 unspecified atom stereocenters. The quantitative estimate of drug-likeness (QED) is 0.865. The molecule has 0 spiro atoms. The van der Waals surface area contributed by atoms with Crippen LogP contribution in [0.15, 0.2) is 18.2 Å². The summed E-state index contributed by atoms with van der Waals surface area (Å²) >= 11 is 0. The Morgan fingerprint density at radius 1 is 1.30 bits per heavy atom. The van der Waals surface area contributed by atoms with Crippen LogP contribution >= 0.6 is 12.4 Å². The van der Waals surface area contributed by atoms with E-state index in [2.05, 4.69) is 18.3 Å². The van der Waals surface area contributed by atoms with Gasteiger partial charge in [-0.15, -0.1) is 12.4 Å². The summed E-state index contributed by atoms with van der Waals surface area (Å²) in [6, 6.07) is 6.12. The monoisotopic (exact) mass is 340 g/mol. The van der Waals surface area contributed by atoms with Crippen molar-refractivity contribution < 1.29 is 9.53 Å². The SMILES string of the molecule is CNCC1CCN(C(=O)CCOc2ccc(C)cc2C)CC1.Cl. The number of likely N-dealkylation sites (tertiary alicyclic amines) is 1. The number of piperidine rings is 1. The van der Waals surface area contributed by atoms with Crippen LogP contribution in [0.3, 0.4) is 0 Å². The number of carbonyl (C=O) groups excluding carboxylic acids is 1. The Bertz CT molecular complexity index is 500. The standard InChI is InChI=1S/C18H28N2O2.ClH/c1-14-4-5-17(15(2)12-14)22-11-8-18(21)20-9-6-16(7-10-20)13-19-3;/h4-5,12,16,19H,6-11,13H2,1-3H3;1H. The molecule has 1 aromatic rings.